The third-order valence-corrected chi connectivity index (χ3v) is 4.33. The van der Waals surface area contributed by atoms with Gasteiger partial charge in [-0.15, -0.1) is 0 Å². The zero-order valence-electron chi connectivity index (χ0n) is 13.4. The van der Waals surface area contributed by atoms with E-state index < -0.39 is 0 Å². The Kier molecular flexibility index (Phi) is 3.05. The number of anilines is 2. The molecule has 4 nitrogen and oxygen atoms in total. The lowest BCUT2D eigenvalue weighted by Gasteiger charge is -2.32. The molecule has 4 heteroatoms. The Bertz CT molecular complexity index is 905. The van der Waals surface area contributed by atoms with Gasteiger partial charge in [-0.3, -0.25) is 0 Å². The summed E-state index contributed by atoms with van der Waals surface area (Å²) in [5.74, 6) is 1.76. The summed E-state index contributed by atoms with van der Waals surface area (Å²) in [6, 6.07) is 14.3. The molecule has 0 N–H and O–H groups in total. The van der Waals surface area contributed by atoms with Gasteiger partial charge in [0.2, 0.25) is 0 Å². The average Bonchev–Trinajstić information content (AvgIpc) is 2.57. The molecular weight excluding hydrogens is 286 g/mol. The van der Waals surface area contributed by atoms with E-state index in [0.29, 0.717) is 0 Å². The summed E-state index contributed by atoms with van der Waals surface area (Å²) in [7, 11) is 4.10. The number of benzene rings is 2. The first-order valence-corrected chi connectivity index (χ1v) is 7.61. The first-order valence-electron chi connectivity index (χ1n) is 7.61. The maximum Gasteiger partial charge on any atom is 0.286 e. The molecule has 2 aromatic carbocycles. The van der Waals surface area contributed by atoms with Crippen LogP contribution < -0.4 is 14.2 Å². The Balaban J connectivity index is 2.00. The standard InChI is InChI=1S/C19H18N3O/c1-13-8-9-17-19(18(13)15-10-11-20-12-21(15)2)22(3)14-6-4-5-7-16(14)23-17/h4-12H,1-3H3/q+1. The number of rotatable bonds is 1. The van der Waals surface area contributed by atoms with Gasteiger partial charge in [0.05, 0.1) is 24.0 Å². The molecule has 1 aliphatic rings. The van der Waals surface area contributed by atoms with E-state index in [4.69, 9.17) is 4.74 Å². The van der Waals surface area contributed by atoms with Gasteiger partial charge in [0, 0.05) is 13.1 Å². The van der Waals surface area contributed by atoms with Crippen molar-refractivity contribution in [3.63, 3.8) is 0 Å². The van der Waals surface area contributed by atoms with Crippen LogP contribution >= 0.6 is 0 Å². The number of aromatic nitrogens is 2. The molecule has 1 aromatic heterocycles. The van der Waals surface area contributed by atoms with Crippen molar-refractivity contribution < 1.29 is 9.30 Å². The highest BCUT2D eigenvalue weighted by atomic mass is 16.5. The Morgan fingerprint density at radius 2 is 1.87 bits per heavy atom. The molecule has 4 rings (SSSR count). The van der Waals surface area contributed by atoms with Crippen LogP contribution in [0.15, 0.2) is 55.0 Å². The van der Waals surface area contributed by atoms with Crippen LogP contribution in [0.1, 0.15) is 5.56 Å². The van der Waals surface area contributed by atoms with E-state index in [1.54, 1.807) is 0 Å². The van der Waals surface area contributed by atoms with Gasteiger partial charge in [0.1, 0.15) is 11.9 Å². The Hall–Kier alpha value is -2.88. The van der Waals surface area contributed by atoms with Gasteiger partial charge in [-0.05, 0) is 30.7 Å². The predicted molar refractivity (Wildman–Crippen MR) is 90.2 cm³/mol. The minimum atomic E-state index is 0.878. The van der Waals surface area contributed by atoms with E-state index >= 15 is 0 Å². The van der Waals surface area contributed by atoms with Gasteiger partial charge in [-0.25, -0.2) is 4.57 Å². The van der Waals surface area contributed by atoms with Gasteiger partial charge in [0.15, 0.2) is 11.5 Å². The van der Waals surface area contributed by atoms with E-state index in [1.165, 1.54) is 11.1 Å². The van der Waals surface area contributed by atoms with Crippen molar-refractivity contribution in [1.82, 2.24) is 4.98 Å². The summed E-state index contributed by atoms with van der Waals surface area (Å²) < 4.78 is 8.18. The Labute approximate surface area is 135 Å². The molecule has 23 heavy (non-hydrogen) atoms. The number of nitrogens with zero attached hydrogens (tertiary/aromatic N) is 3. The number of para-hydroxylation sites is 2. The zero-order valence-corrected chi connectivity index (χ0v) is 13.4. The van der Waals surface area contributed by atoms with Crippen LogP contribution in [0.2, 0.25) is 0 Å². The molecule has 0 fully saturated rings. The highest BCUT2D eigenvalue weighted by Gasteiger charge is 2.27. The molecule has 0 saturated carbocycles. The average molecular weight is 304 g/mol. The van der Waals surface area contributed by atoms with Crippen molar-refractivity contribution in [3.05, 3.63) is 60.6 Å². The van der Waals surface area contributed by atoms with Crippen LogP contribution in [-0.4, -0.2) is 12.0 Å². The molecule has 0 saturated heterocycles. The number of hydrogen-bond acceptors (Lipinski definition) is 3. The summed E-state index contributed by atoms with van der Waals surface area (Å²) in [5.41, 5.74) is 5.66. The van der Waals surface area contributed by atoms with Crippen molar-refractivity contribution in [2.75, 3.05) is 11.9 Å². The quantitative estimate of drug-likeness (QED) is 0.641. The number of hydrogen-bond donors (Lipinski definition) is 0. The molecule has 114 valence electrons. The lowest BCUT2D eigenvalue weighted by atomic mass is 9.99. The second-order valence-electron chi connectivity index (χ2n) is 5.81. The van der Waals surface area contributed by atoms with E-state index in [-0.39, 0.29) is 0 Å². The van der Waals surface area contributed by atoms with Gasteiger partial charge in [-0.1, -0.05) is 23.2 Å². The Morgan fingerprint density at radius 1 is 1.04 bits per heavy atom. The highest BCUT2D eigenvalue weighted by Crippen LogP contribution is 2.50. The van der Waals surface area contributed by atoms with Gasteiger partial charge >= 0.3 is 0 Å². The van der Waals surface area contributed by atoms with Crippen molar-refractivity contribution in [2.45, 2.75) is 6.92 Å². The summed E-state index contributed by atoms with van der Waals surface area (Å²) in [5, 5.41) is 0. The fourth-order valence-corrected chi connectivity index (χ4v) is 3.16. The summed E-state index contributed by atoms with van der Waals surface area (Å²) in [6.07, 6.45) is 3.65. The van der Waals surface area contributed by atoms with Crippen LogP contribution in [0.5, 0.6) is 11.5 Å². The second-order valence-corrected chi connectivity index (χ2v) is 5.81. The van der Waals surface area contributed by atoms with Crippen LogP contribution in [0.25, 0.3) is 11.3 Å². The maximum absolute atomic E-state index is 6.14. The smallest absolute Gasteiger partial charge is 0.286 e. The third-order valence-electron chi connectivity index (χ3n) is 4.33. The van der Waals surface area contributed by atoms with Gasteiger partial charge in [0.25, 0.3) is 6.33 Å². The lowest BCUT2D eigenvalue weighted by Crippen LogP contribution is -2.32. The first-order chi connectivity index (χ1) is 11.2. The maximum atomic E-state index is 6.14. The Morgan fingerprint density at radius 3 is 2.70 bits per heavy atom. The first kappa shape index (κ1) is 13.8. The summed E-state index contributed by atoms with van der Waals surface area (Å²) in [4.78, 5) is 6.39. The minimum absolute atomic E-state index is 0.878. The minimum Gasteiger partial charge on any atom is -0.453 e. The van der Waals surface area contributed by atoms with Crippen molar-refractivity contribution in [1.29, 1.82) is 0 Å². The van der Waals surface area contributed by atoms with E-state index in [1.807, 2.05) is 54.5 Å². The molecule has 0 aliphatic carbocycles. The molecule has 1 aliphatic heterocycles. The molecule has 0 radical (unpaired) electrons. The van der Waals surface area contributed by atoms with E-state index in [2.05, 4.69) is 36.0 Å². The monoisotopic (exact) mass is 304 g/mol. The SMILES string of the molecule is Cc1ccc2c(c1-c1ccnc[n+]1C)N(C)c1ccccc1O2. The molecular formula is C19H18N3O+. The van der Waals surface area contributed by atoms with Crippen molar-refractivity contribution in [3.8, 4) is 22.8 Å². The van der Waals surface area contributed by atoms with Crippen molar-refractivity contribution >= 4 is 11.4 Å². The van der Waals surface area contributed by atoms with Crippen molar-refractivity contribution in [2.24, 2.45) is 7.05 Å². The summed E-state index contributed by atoms with van der Waals surface area (Å²) >= 11 is 0. The number of fused-ring (bicyclic) bond motifs is 2. The van der Waals surface area contributed by atoms with Crippen LogP contribution in [0.4, 0.5) is 11.4 Å². The highest BCUT2D eigenvalue weighted by molar-refractivity contribution is 5.89. The third kappa shape index (κ3) is 2.06. The fourth-order valence-electron chi connectivity index (χ4n) is 3.16. The molecule has 0 unspecified atom stereocenters. The molecule has 0 amide bonds. The van der Waals surface area contributed by atoms with E-state index in [9.17, 15) is 0 Å². The largest absolute Gasteiger partial charge is 0.453 e. The summed E-state index contributed by atoms with van der Waals surface area (Å²) in [6.45, 7) is 2.13. The topological polar surface area (TPSA) is 29.2 Å². The lowest BCUT2D eigenvalue weighted by molar-refractivity contribution is -0.663. The second kappa shape index (κ2) is 5.09. The van der Waals surface area contributed by atoms with E-state index in [0.717, 1.165) is 28.6 Å². The number of ether oxygens (including phenoxy) is 1. The predicted octanol–water partition coefficient (Wildman–Crippen LogP) is 3.76. The van der Waals surface area contributed by atoms with Gasteiger partial charge in [-0.2, -0.15) is 0 Å². The molecule has 3 aromatic rings. The van der Waals surface area contributed by atoms with Gasteiger partial charge < -0.3 is 9.64 Å². The fraction of sp³-hybridized carbons (Fsp3) is 0.158. The van der Waals surface area contributed by atoms with Crippen LogP contribution in [0, 0.1) is 6.92 Å². The molecule has 0 bridgehead atoms. The molecule has 2 heterocycles. The normalized spacial score (nSPS) is 12.4. The molecule has 0 spiro atoms. The number of aryl methyl sites for hydroxylation is 2. The zero-order chi connectivity index (χ0) is 16.0. The van der Waals surface area contributed by atoms with Crippen LogP contribution in [-0.2, 0) is 7.05 Å². The van der Waals surface area contributed by atoms with Crippen LogP contribution in [0.3, 0.4) is 0 Å². The molecule has 0 atom stereocenters.